The fourth-order valence-corrected chi connectivity index (χ4v) is 4.12. The molecule has 0 bridgehead atoms. The molecule has 3 N–H and O–H groups in total. The number of H-pyrrole nitrogens is 1. The monoisotopic (exact) mass is 419 g/mol. The van der Waals surface area contributed by atoms with E-state index in [2.05, 4.69) is 38.8 Å². The summed E-state index contributed by atoms with van der Waals surface area (Å²) in [5, 5.41) is 11.9. The number of nitrogens with zero attached hydrogens (tertiary/aromatic N) is 4. The summed E-state index contributed by atoms with van der Waals surface area (Å²) in [7, 11) is 0. The van der Waals surface area contributed by atoms with Crippen molar-refractivity contribution in [3.63, 3.8) is 0 Å². The Hall–Kier alpha value is -3.43. The van der Waals surface area contributed by atoms with Gasteiger partial charge in [0.25, 0.3) is 0 Å². The lowest BCUT2D eigenvalue weighted by atomic mass is 10.00. The summed E-state index contributed by atoms with van der Waals surface area (Å²) in [6.45, 7) is 6.48. The molecular formula is C22H25N7O2. The van der Waals surface area contributed by atoms with Gasteiger partial charge in [-0.25, -0.2) is 15.4 Å². The van der Waals surface area contributed by atoms with Crippen LogP contribution in [0, 0.1) is 0 Å². The van der Waals surface area contributed by atoms with Crippen LogP contribution in [0.2, 0.25) is 0 Å². The average molecular weight is 419 g/mol. The zero-order valence-corrected chi connectivity index (χ0v) is 17.6. The first-order valence-corrected chi connectivity index (χ1v) is 10.4. The first-order chi connectivity index (χ1) is 15.1. The Kier molecular flexibility index (Phi) is 5.05. The van der Waals surface area contributed by atoms with Crippen LogP contribution in [-0.2, 0) is 16.1 Å². The number of carbonyl (C=O) groups is 1. The standard InChI is InChI=1S/C22H25N7O2/c1-14-13-31-10-9-28(14)21-11-18(16-3-5-17(6-4-16)25-15(2)30)19-12-24-29(22(19)26-21)20-7-8-23-27-20/h3-8,11,14,24H,9-10,12-13H2,1-2H3,(H,23,27)(H,25,30)/t14-/m1/s1. The summed E-state index contributed by atoms with van der Waals surface area (Å²) >= 11 is 0. The molecule has 0 aliphatic carbocycles. The van der Waals surface area contributed by atoms with Gasteiger partial charge in [-0.1, -0.05) is 12.1 Å². The maximum atomic E-state index is 11.4. The molecule has 2 aromatic heterocycles. The van der Waals surface area contributed by atoms with Crippen molar-refractivity contribution in [2.45, 2.75) is 26.4 Å². The first kappa shape index (κ1) is 19.5. The van der Waals surface area contributed by atoms with Crippen LogP contribution in [0.5, 0.6) is 0 Å². The molecular weight excluding hydrogens is 394 g/mol. The van der Waals surface area contributed by atoms with Gasteiger partial charge in [0.15, 0.2) is 5.82 Å². The highest BCUT2D eigenvalue weighted by Gasteiger charge is 2.29. The van der Waals surface area contributed by atoms with Crippen molar-refractivity contribution in [2.75, 3.05) is 35.0 Å². The fraction of sp³-hybridized carbons (Fsp3) is 0.318. The van der Waals surface area contributed by atoms with Gasteiger partial charge in [0, 0.05) is 37.3 Å². The summed E-state index contributed by atoms with van der Waals surface area (Å²) in [6.07, 6.45) is 1.73. The van der Waals surface area contributed by atoms with Gasteiger partial charge in [0.1, 0.15) is 11.6 Å². The van der Waals surface area contributed by atoms with Crippen LogP contribution in [0.15, 0.2) is 42.6 Å². The third-order valence-electron chi connectivity index (χ3n) is 5.62. The molecule has 31 heavy (non-hydrogen) atoms. The fourth-order valence-electron chi connectivity index (χ4n) is 4.12. The first-order valence-electron chi connectivity index (χ1n) is 10.4. The zero-order valence-electron chi connectivity index (χ0n) is 17.6. The average Bonchev–Trinajstić information content (AvgIpc) is 3.43. The topological polar surface area (TPSA) is 98.4 Å². The van der Waals surface area contributed by atoms with Crippen molar-refractivity contribution < 1.29 is 9.53 Å². The molecule has 1 fully saturated rings. The molecule has 0 unspecified atom stereocenters. The normalized spacial score (nSPS) is 18.2. The van der Waals surface area contributed by atoms with Crippen LogP contribution in [0.1, 0.15) is 19.4 Å². The van der Waals surface area contributed by atoms with Crippen molar-refractivity contribution >= 4 is 29.0 Å². The predicted octanol–water partition coefficient (Wildman–Crippen LogP) is 2.81. The van der Waals surface area contributed by atoms with Crippen LogP contribution in [0.4, 0.5) is 23.1 Å². The minimum absolute atomic E-state index is 0.0828. The van der Waals surface area contributed by atoms with Crippen molar-refractivity contribution in [1.82, 2.24) is 20.6 Å². The van der Waals surface area contributed by atoms with E-state index in [4.69, 9.17) is 9.72 Å². The molecule has 1 atom stereocenters. The SMILES string of the molecule is CC(=O)Nc1ccc(-c2cc(N3CCOC[C@H]3C)nc3c2CNN3c2ccn[nH]2)cc1. The number of benzene rings is 1. The van der Waals surface area contributed by atoms with Gasteiger partial charge < -0.3 is 15.0 Å². The van der Waals surface area contributed by atoms with E-state index in [0.29, 0.717) is 19.8 Å². The van der Waals surface area contributed by atoms with Gasteiger partial charge in [0.2, 0.25) is 5.91 Å². The number of amides is 1. The number of morpholine rings is 1. The molecule has 0 saturated carbocycles. The number of anilines is 4. The quantitative estimate of drug-likeness (QED) is 0.598. The molecule has 4 heterocycles. The van der Waals surface area contributed by atoms with Crippen LogP contribution in [-0.4, -0.2) is 46.9 Å². The van der Waals surface area contributed by atoms with E-state index in [1.165, 1.54) is 6.92 Å². The van der Waals surface area contributed by atoms with E-state index < -0.39 is 0 Å². The number of pyridine rings is 1. The Balaban J connectivity index is 1.60. The Morgan fingerprint density at radius 2 is 2.10 bits per heavy atom. The number of aromatic nitrogens is 3. The van der Waals surface area contributed by atoms with Crippen molar-refractivity contribution in [1.29, 1.82) is 0 Å². The van der Waals surface area contributed by atoms with Crippen molar-refractivity contribution in [2.24, 2.45) is 0 Å². The second-order valence-electron chi connectivity index (χ2n) is 7.82. The molecule has 2 aliphatic rings. The highest BCUT2D eigenvalue weighted by Crippen LogP contribution is 2.39. The number of hydrogen-bond acceptors (Lipinski definition) is 7. The predicted molar refractivity (Wildman–Crippen MR) is 119 cm³/mol. The molecule has 0 spiro atoms. The number of fused-ring (bicyclic) bond motifs is 1. The Morgan fingerprint density at radius 3 is 2.81 bits per heavy atom. The highest BCUT2D eigenvalue weighted by atomic mass is 16.5. The third-order valence-corrected chi connectivity index (χ3v) is 5.62. The Bertz CT molecular complexity index is 1080. The molecule has 1 amide bonds. The van der Waals surface area contributed by atoms with Crippen molar-refractivity contribution in [3.8, 4) is 11.1 Å². The largest absolute Gasteiger partial charge is 0.377 e. The van der Waals surface area contributed by atoms with E-state index in [9.17, 15) is 4.79 Å². The number of hydrazine groups is 1. The van der Waals surface area contributed by atoms with Crippen LogP contribution in [0.3, 0.4) is 0 Å². The second-order valence-corrected chi connectivity index (χ2v) is 7.82. The zero-order chi connectivity index (χ0) is 21.4. The van der Waals surface area contributed by atoms with E-state index in [0.717, 1.165) is 46.4 Å². The maximum absolute atomic E-state index is 11.4. The molecule has 160 valence electrons. The van der Waals surface area contributed by atoms with E-state index >= 15 is 0 Å². The smallest absolute Gasteiger partial charge is 0.221 e. The molecule has 9 nitrogen and oxygen atoms in total. The number of rotatable bonds is 4. The molecule has 1 saturated heterocycles. The van der Waals surface area contributed by atoms with Gasteiger partial charge >= 0.3 is 0 Å². The number of ether oxygens (including phenoxy) is 1. The second kappa shape index (κ2) is 8.01. The number of nitrogens with one attached hydrogen (secondary N) is 3. The Morgan fingerprint density at radius 1 is 1.26 bits per heavy atom. The van der Waals surface area contributed by atoms with Crippen LogP contribution < -0.4 is 20.7 Å². The lowest BCUT2D eigenvalue weighted by Gasteiger charge is -2.35. The van der Waals surface area contributed by atoms with Gasteiger partial charge in [0.05, 0.1) is 25.5 Å². The summed E-state index contributed by atoms with van der Waals surface area (Å²) in [4.78, 5) is 18.7. The summed E-state index contributed by atoms with van der Waals surface area (Å²) in [5.74, 6) is 2.54. The third kappa shape index (κ3) is 3.73. The molecule has 5 rings (SSSR count). The summed E-state index contributed by atoms with van der Waals surface area (Å²) in [6, 6.07) is 12.2. The minimum atomic E-state index is -0.0828. The van der Waals surface area contributed by atoms with E-state index in [-0.39, 0.29) is 11.9 Å². The molecule has 0 radical (unpaired) electrons. The van der Waals surface area contributed by atoms with Crippen molar-refractivity contribution in [3.05, 3.63) is 48.2 Å². The van der Waals surface area contributed by atoms with E-state index in [1.54, 1.807) is 6.20 Å². The van der Waals surface area contributed by atoms with Gasteiger partial charge in [-0.15, -0.1) is 0 Å². The minimum Gasteiger partial charge on any atom is -0.377 e. The van der Waals surface area contributed by atoms with Gasteiger partial charge in [-0.2, -0.15) is 5.10 Å². The molecule has 1 aromatic carbocycles. The molecule has 9 heteroatoms. The molecule has 2 aliphatic heterocycles. The lowest BCUT2D eigenvalue weighted by Crippen LogP contribution is -2.44. The number of aromatic amines is 1. The highest BCUT2D eigenvalue weighted by molar-refractivity contribution is 5.89. The van der Waals surface area contributed by atoms with Crippen LogP contribution in [0.25, 0.3) is 11.1 Å². The summed E-state index contributed by atoms with van der Waals surface area (Å²) < 4.78 is 5.63. The Labute approximate surface area is 180 Å². The number of hydrogen-bond donors (Lipinski definition) is 3. The lowest BCUT2D eigenvalue weighted by molar-refractivity contribution is -0.114. The maximum Gasteiger partial charge on any atom is 0.221 e. The molecule has 3 aromatic rings. The van der Waals surface area contributed by atoms with Gasteiger partial charge in [-0.3, -0.25) is 9.89 Å². The van der Waals surface area contributed by atoms with E-state index in [1.807, 2.05) is 35.3 Å². The van der Waals surface area contributed by atoms with Gasteiger partial charge in [-0.05, 0) is 36.2 Å². The number of carbonyl (C=O) groups excluding carboxylic acids is 1. The van der Waals surface area contributed by atoms with Crippen LogP contribution >= 0.6 is 0 Å². The summed E-state index contributed by atoms with van der Waals surface area (Å²) in [5.41, 5.74) is 7.49.